The summed E-state index contributed by atoms with van der Waals surface area (Å²) in [5.41, 5.74) is 0.850. The highest BCUT2D eigenvalue weighted by Crippen LogP contribution is 2.37. The van der Waals surface area contributed by atoms with Crippen LogP contribution in [-0.2, 0) is 4.79 Å². The minimum Gasteiger partial charge on any atom is -0.493 e. The third-order valence-electron chi connectivity index (χ3n) is 4.18. The van der Waals surface area contributed by atoms with Crippen molar-refractivity contribution in [2.75, 3.05) is 19.5 Å². The van der Waals surface area contributed by atoms with Gasteiger partial charge < -0.3 is 20.1 Å². The molecular formula is C20H28N2O4. The second-order valence-corrected chi connectivity index (χ2v) is 6.84. The van der Waals surface area contributed by atoms with Crippen molar-refractivity contribution in [3.05, 3.63) is 29.8 Å². The van der Waals surface area contributed by atoms with Crippen LogP contribution in [0.15, 0.2) is 24.3 Å². The van der Waals surface area contributed by atoms with Crippen molar-refractivity contribution in [1.82, 2.24) is 5.32 Å². The van der Waals surface area contributed by atoms with Crippen LogP contribution in [0, 0.1) is 5.92 Å². The largest absolute Gasteiger partial charge is 0.493 e. The van der Waals surface area contributed by atoms with Gasteiger partial charge in [0.25, 0.3) is 5.91 Å². The lowest BCUT2D eigenvalue weighted by atomic mass is 10.0. The minimum absolute atomic E-state index is 0.0309. The summed E-state index contributed by atoms with van der Waals surface area (Å²) in [6.07, 6.45) is 7.52. The smallest absolute Gasteiger partial charge is 0.251 e. The predicted molar refractivity (Wildman–Crippen MR) is 102 cm³/mol. The van der Waals surface area contributed by atoms with Crippen LogP contribution in [0.2, 0.25) is 0 Å². The van der Waals surface area contributed by atoms with E-state index in [9.17, 15) is 9.59 Å². The standard InChI is InChI=1S/C20H28N2O4/c1-13(2)10-18(23)22-16-11-14(12-17(25-3)19(16)26-4)20(24)21-15-8-6-5-7-9-15/h6,8,11-13,15H,5,7,9-10H2,1-4H3,(H,21,24)(H,22,23). The number of anilines is 1. The van der Waals surface area contributed by atoms with E-state index in [0.29, 0.717) is 29.2 Å². The number of amides is 2. The number of allylic oxidation sites excluding steroid dienone is 1. The van der Waals surface area contributed by atoms with Crippen molar-refractivity contribution < 1.29 is 19.1 Å². The van der Waals surface area contributed by atoms with Gasteiger partial charge in [-0.1, -0.05) is 26.0 Å². The Hall–Kier alpha value is -2.50. The van der Waals surface area contributed by atoms with E-state index in [0.717, 1.165) is 19.3 Å². The van der Waals surface area contributed by atoms with Crippen LogP contribution in [-0.4, -0.2) is 32.1 Å². The van der Waals surface area contributed by atoms with Crippen LogP contribution in [0.5, 0.6) is 11.5 Å². The summed E-state index contributed by atoms with van der Waals surface area (Å²) in [7, 11) is 3.01. The molecule has 1 unspecified atom stereocenters. The molecule has 0 saturated heterocycles. The van der Waals surface area contributed by atoms with Gasteiger partial charge in [-0.2, -0.15) is 0 Å². The molecule has 0 saturated carbocycles. The van der Waals surface area contributed by atoms with Gasteiger partial charge in [-0.25, -0.2) is 0 Å². The zero-order valence-corrected chi connectivity index (χ0v) is 15.9. The Balaban J connectivity index is 2.26. The summed E-state index contributed by atoms with van der Waals surface area (Å²) in [5, 5.41) is 5.83. The Labute approximate surface area is 154 Å². The predicted octanol–water partition coefficient (Wildman–Crippen LogP) is 3.53. The molecule has 142 valence electrons. The average molecular weight is 360 g/mol. The number of hydrogen-bond acceptors (Lipinski definition) is 4. The Kier molecular flexibility index (Phi) is 7.06. The van der Waals surface area contributed by atoms with E-state index in [1.165, 1.54) is 14.2 Å². The summed E-state index contributed by atoms with van der Waals surface area (Å²) >= 11 is 0. The van der Waals surface area contributed by atoms with Gasteiger partial charge in [0.1, 0.15) is 0 Å². The fourth-order valence-electron chi connectivity index (χ4n) is 2.94. The van der Waals surface area contributed by atoms with Gasteiger partial charge in [0.2, 0.25) is 5.91 Å². The van der Waals surface area contributed by atoms with E-state index < -0.39 is 0 Å². The molecule has 0 aliphatic heterocycles. The van der Waals surface area contributed by atoms with Gasteiger partial charge in [0.15, 0.2) is 11.5 Å². The maximum absolute atomic E-state index is 12.6. The highest BCUT2D eigenvalue weighted by atomic mass is 16.5. The van der Waals surface area contributed by atoms with Crippen molar-refractivity contribution in [1.29, 1.82) is 0 Å². The molecule has 2 rings (SSSR count). The van der Waals surface area contributed by atoms with Crippen LogP contribution in [0.4, 0.5) is 5.69 Å². The maximum atomic E-state index is 12.6. The number of nitrogens with one attached hydrogen (secondary N) is 2. The van der Waals surface area contributed by atoms with Gasteiger partial charge >= 0.3 is 0 Å². The first kappa shape index (κ1) is 19.8. The third kappa shape index (κ3) is 5.25. The number of hydrogen-bond donors (Lipinski definition) is 2. The maximum Gasteiger partial charge on any atom is 0.251 e. The first-order chi connectivity index (χ1) is 12.4. The lowest BCUT2D eigenvalue weighted by Gasteiger charge is -2.20. The summed E-state index contributed by atoms with van der Waals surface area (Å²) in [4.78, 5) is 24.8. The minimum atomic E-state index is -0.207. The molecule has 0 spiro atoms. The first-order valence-corrected chi connectivity index (χ1v) is 8.98. The third-order valence-corrected chi connectivity index (χ3v) is 4.18. The SMILES string of the molecule is COc1cc(C(=O)NC2C=CCCC2)cc(NC(=O)CC(C)C)c1OC. The monoisotopic (exact) mass is 360 g/mol. The number of benzene rings is 1. The Morgan fingerprint density at radius 3 is 2.58 bits per heavy atom. The van der Waals surface area contributed by atoms with Gasteiger partial charge in [-0.15, -0.1) is 0 Å². The summed E-state index contributed by atoms with van der Waals surface area (Å²) in [6, 6.07) is 3.28. The van der Waals surface area contributed by atoms with Crippen LogP contribution >= 0.6 is 0 Å². The molecule has 1 aromatic rings. The Morgan fingerprint density at radius 1 is 1.23 bits per heavy atom. The Morgan fingerprint density at radius 2 is 2.00 bits per heavy atom. The quantitative estimate of drug-likeness (QED) is 0.729. The first-order valence-electron chi connectivity index (χ1n) is 8.98. The molecule has 26 heavy (non-hydrogen) atoms. The second-order valence-electron chi connectivity index (χ2n) is 6.84. The summed E-state index contributed by atoms with van der Waals surface area (Å²) < 4.78 is 10.7. The molecule has 6 heteroatoms. The van der Waals surface area contributed by atoms with Crippen LogP contribution in [0.25, 0.3) is 0 Å². The van der Waals surface area contributed by atoms with Crippen LogP contribution in [0.1, 0.15) is 49.9 Å². The molecule has 2 amide bonds. The number of rotatable bonds is 7. The van der Waals surface area contributed by atoms with Gasteiger partial charge in [-0.3, -0.25) is 9.59 Å². The fraction of sp³-hybridized carbons (Fsp3) is 0.500. The average Bonchev–Trinajstić information content (AvgIpc) is 2.61. The fourth-order valence-corrected chi connectivity index (χ4v) is 2.94. The molecule has 1 aliphatic carbocycles. The number of carbonyl (C=O) groups excluding carboxylic acids is 2. The molecule has 0 heterocycles. The molecule has 1 aliphatic rings. The van der Waals surface area contributed by atoms with E-state index >= 15 is 0 Å². The normalized spacial score (nSPS) is 16.3. The molecule has 1 atom stereocenters. The van der Waals surface area contributed by atoms with Crippen LogP contribution < -0.4 is 20.1 Å². The number of ether oxygens (including phenoxy) is 2. The van der Waals surface area contributed by atoms with E-state index in [-0.39, 0.29) is 23.8 Å². The highest BCUT2D eigenvalue weighted by Gasteiger charge is 2.20. The lowest BCUT2D eigenvalue weighted by Crippen LogP contribution is -2.34. The van der Waals surface area contributed by atoms with Gasteiger partial charge in [0.05, 0.1) is 19.9 Å². The Bertz CT molecular complexity index is 683. The van der Waals surface area contributed by atoms with E-state index in [1.54, 1.807) is 12.1 Å². The zero-order chi connectivity index (χ0) is 19.1. The highest BCUT2D eigenvalue weighted by molar-refractivity contribution is 5.99. The van der Waals surface area contributed by atoms with Crippen molar-refractivity contribution in [3.63, 3.8) is 0 Å². The molecule has 1 aromatic carbocycles. The van der Waals surface area contributed by atoms with Gasteiger partial charge in [-0.05, 0) is 37.3 Å². The number of methoxy groups -OCH3 is 2. The molecule has 0 radical (unpaired) electrons. The molecule has 0 fully saturated rings. The lowest BCUT2D eigenvalue weighted by molar-refractivity contribution is -0.116. The molecule has 0 aromatic heterocycles. The molecular weight excluding hydrogens is 332 g/mol. The number of carbonyl (C=O) groups is 2. The van der Waals surface area contributed by atoms with Gasteiger partial charge in [0, 0.05) is 18.0 Å². The van der Waals surface area contributed by atoms with E-state index in [4.69, 9.17) is 9.47 Å². The summed E-state index contributed by atoms with van der Waals surface area (Å²) in [5.74, 6) is 0.695. The van der Waals surface area contributed by atoms with Crippen molar-refractivity contribution >= 4 is 17.5 Å². The second kappa shape index (κ2) is 9.27. The van der Waals surface area contributed by atoms with Crippen molar-refractivity contribution in [3.8, 4) is 11.5 Å². The van der Waals surface area contributed by atoms with E-state index in [1.807, 2.05) is 19.9 Å². The zero-order valence-electron chi connectivity index (χ0n) is 15.9. The topological polar surface area (TPSA) is 76.7 Å². The van der Waals surface area contributed by atoms with E-state index in [2.05, 4.69) is 16.7 Å². The van der Waals surface area contributed by atoms with Crippen molar-refractivity contribution in [2.45, 2.75) is 45.6 Å². The van der Waals surface area contributed by atoms with Crippen molar-refractivity contribution in [2.24, 2.45) is 5.92 Å². The summed E-state index contributed by atoms with van der Waals surface area (Å²) in [6.45, 7) is 3.94. The van der Waals surface area contributed by atoms with Crippen LogP contribution in [0.3, 0.4) is 0 Å². The molecule has 6 nitrogen and oxygen atoms in total. The molecule has 2 N–H and O–H groups in total. The molecule has 0 bridgehead atoms.